The van der Waals surface area contributed by atoms with Gasteiger partial charge in [0.25, 0.3) is 0 Å². The summed E-state index contributed by atoms with van der Waals surface area (Å²) in [4.78, 5) is 18.2. The summed E-state index contributed by atoms with van der Waals surface area (Å²) in [5, 5.41) is 3.26. The smallest absolute Gasteiger partial charge is 0.237 e. The number of nitrogens with two attached hydrogens (primary N) is 1. The van der Waals surface area contributed by atoms with Crippen LogP contribution >= 0.6 is 0 Å². The lowest BCUT2D eigenvalue weighted by Gasteiger charge is -2.29. The van der Waals surface area contributed by atoms with E-state index in [0.29, 0.717) is 6.42 Å². The minimum atomic E-state index is -0.630. The molecule has 21 heavy (non-hydrogen) atoms. The van der Waals surface area contributed by atoms with Gasteiger partial charge in [0.05, 0.1) is 5.54 Å². The molecule has 0 saturated carbocycles. The maximum absolute atomic E-state index is 11.7. The number of nitrogens with zero attached hydrogens (tertiary/aromatic N) is 2. The Morgan fingerprint density at radius 3 is 2.76 bits per heavy atom. The molecule has 0 saturated heterocycles. The maximum Gasteiger partial charge on any atom is 0.237 e. The molecule has 3 N–H and O–H groups in total. The predicted octanol–water partition coefficient (Wildman–Crippen LogP) is 1.19. The number of pyridine rings is 1. The van der Waals surface area contributed by atoms with E-state index in [4.69, 9.17) is 5.73 Å². The van der Waals surface area contributed by atoms with Gasteiger partial charge in [0.2, 0.25) is 5.91 Å². The number of primary amides is 1. The molecule has 0 aliphatic rings. The Balaban J connectivity index is 2.39. The second kappa shape index (κ2) is 8.74. The molecule has 0 aliphatic carbocycles. The lowest BCUT2D eigenvalue weighted by Crippen LogP contribution is -2.54. The van der Waals surface area contributed by atoms with Gasteiger partial charge in [0.15, 0.2) is 0 Å². The van der Waals surface area contributed by atoms with Crippen molar-refractivity contribution in [1.82, 2.24) is 15.2 Å². The Morgan fingerprint density at radius 2 is 2.19 bits per heavy atom. The predicted molar refractivity (Wildman–Crippen MR) is 85.9 cm³/mol. The van der Waals surface area contributed by atoms with E-state index in [2.05, 4.69) is 29.2 Å². The molecule has 1 aromatic rings. The number of rotatable bonds is 10. The van der Waals surface area contributed by atoms with E-state index in [-0.39, 0.29) is 5.91 Å². The second-order valence-corrected chi connectivity index (χ2v) is 5.75. The number of nitrogens with one attached hydrogen (secondary N) is 1. The summed E-state index contributed by atoms with van der Waals surface area (Å²) in [5.41, 5.74) is 5.99. The first-order valence-electron chi connectivity index (χ1n) is 7.61. The summed E-state index contributed by atoms with van der Waals surface area (Å²) in [6.07, 6.45) is 4.42. The zero-order chi connectivity index (χ0) is 15.7. The average Bonchev–Trinajstić information content (AvgIpc) is 2.49. The van der Waals surface area contributed by atoms with Crippen molar-refractivity contribution in [2.45, 2.75) is 38.6 Å². The Labute approximate surface area is 127 Å². The van der Waals surface area contributed by atoms with Gasteiger partial charge in [-0.2, -0.15) is 0 Å². The van der Waals surface area contributed by atoms with Crippen molar-refractivity contribution in [3.8, 4) is 0 Å². The first-order chi connectivity index (χ1) is 9.98. The number of hydrogen-bond donors (Lipinski definition) is 2. The van der Waals surface area contributed by atoms with Crippen LogP contribution < -0.4 is 11.1 Å². The average molecular weight is 292 g/mol. The SMILES string of the molecule is CCCNC(C)(CCN(C)CCc1ccccn1)C(N)=O. The number of hydrogen-bond acceptors (Lipinski definition) is 4. The highest BCUT2D eigenvalue weighted by molar-refractivity contribution is 5.84. The van der Waals surface area contributed by atoms with Crippen LogP contribution in [0.2, 0.25) is 0 Å². The van der Waals surface area contributed by atoms with Gasteiger partial charge in [-0.25, -0.2) is 0 Å². The zero-order valence-corrected chi connectivity index (χ0v) is 13.4. The van der Waals surface area contributed by atoms with Crippen LogP contribution in [0.4, 0.5) is 0 Å². The molecule has 1 heterocycles. The van der Waals surface area contributed by atoms with Crippen molar-refractivity contribution in [2.75, 3.05) is 26.7 Å². The van der Waals surface area contributed by atoms with Crippen LogP contribution in [0.15, 0.2) is 24.4 Å². The van der Waals surface area contributed by atoms with Crippen LogP contribution in [0.5, 0.6) is 0 Å². The van der Waals surface area contributed by atoms with Gasteiger partial charge >= 0.3 is 0 Å². The van der Waals surface area contributed by atoms with Crippen LogP contribution in [0.25, 0.3) is 0 Å². The molecule has 0 radical (unpaired) electrons. The summed E-state index contributed by atoms with van der Waals surface area (Å²) in [7, 11) is 2.06. The van der Waals surface area contributed by atoms with Crippen molar-refractivity contribution < 1.29 is 4.79 Å². The molecule has 0 aliphatic heterocycles. The Hall–Kier alpha value is -1.46. The second-order valence-electron chi connectivity index (χ2n) is 5.75. The van der Waals surface area contributed by atoms with Gasteiger partial charge in [0.1, 0.15) is 0 Å². The molecule has 0 fully saturated rings. The lowest BCUT2D eigenvalue weighted by molar-refractivity contribution is -0.124. The van der Waals surface area contributed by atoms with E-state index >= 15 is 0 Å². The largest absolute Gasteiger partial charge is 0.368 e. The highest BCUT2D eigenvalue weighted by atomic mass is 16.1. The van der Waals surface area contributed by atoms with E-state index in [1.165, 1.54) is 0 Å². The molecule has 1 aromatic heterocycles. The summed E-state index contributed by atoms with van der Waals surface area (Å²) in [5.74, 6) is -0.283. The van der Waals surface area contributed by atoms with E-state index in [1.807, 2.05) is 31.3 Å². The van der Waals surface area contributed by atoms with Gasteiger partial charge in [-0.1, -0.05) is 13.0 Å². The summed E-state index contributed by atoms with van der Waals surface area (Å²) in [6.45, 7) is 6.50. The van der Waals surface area contributed by atoms with Crippen molar-refractivity contribution >= 4 is 5.91 Å². The molecule has 1 unspecified atom stereocenters. The van der Waals surface area contributed by atoms with Gasteiger partial charge < -0.3 is 16.0 Å². The van der Waals surface area contributed by atoms with Crippen LogP contribution in [-0.4, -0.2) is 48.0 Å². The quantitative estimate of drug-likeness (QED) is 0.679. The fraction of sp³-hybridized carbons (Fsp3) is 0.625. The van der Waals surface area contributed by atoms with Gasteiger partial charge in [-0.05, 0) is 45.5 Å². The summed E-state index contributed by atoms with van der Waals surface area (Å²) < 4.78 is 0. The van der Waals surface area contributed by atoms with Gasteiger partial charge in [-0.15, -0.1) is 0 Å². The molecule has 1 amide bonds. The summed E-state index contributed by atoms with van der Waals surface area (Å²) in [6, 6.07) is 5.95. The van der Waals surface area contributed by atoms with Crippen molar-refractivity contribution in [1.29, 1.82) is 0 Å². The van der Waals surface area contributed by atoms with Crippen LogP contribution in [0.1, 0.15) is 32.4 Å². The van der Waals surface area contributed by atoms with Crippen LogP contribution in [0.3, 0.4) is 0 Å². The van der Waals surface area contributed by atoms with E-state index in [9.17, 15) is 4.79 Å². The highest BCUT2D eigenvalue weighted by Crippen LogP contribution is 2.10. The molecular weight excluding hydrogens is 264 g/mol. The normalized spacial score (nSPS) is 14.1. The third-order valence-corrected chi connectivity index (χ3v) is 3.78. The number of aromatic nitrogens is 1. The standard InChI is InChI=1S/C16H28N4O/c1-4-10-19-16(2,15(17)21)9-13-20(3)12-8-14-7-5-6-11-18-14/h5-7,11,19H,4,8-10,12-13H2,1-3H3,(H2,17,21). The van der Waals surface area contributed by atoms with Gasteiger partial charge in [-0.3, -0.25) is 9.78 Å². The number of carbonyl (C=O) groups is 1. The summed E-state index contributed by atoms with van der Waals surface area (Å²) >= 11 is 0. The zero-order valence-electron chi connectivity index (χ0n) is 13.4. The Morgan fingerprint density at radius 1 is 1.43 bits per heavy atom. The minimum absolute atomic E-state index is 0.283. The fourth-order valence-corrected chi connectivity index (χ4v) is 2.08. The molecule has 1 atom stereocenters. The Bertz CT molecular complexity index is 424. The molecule has 5 heteroatoms. The fourth-order valence-electron chi connectivity index (χ4n) is 2.08. The topological polar surface area (TPSA) is 71.2 Å². The molecule has 118 valence electrons. The Kier molecular flexibility index (Phi) is 7.32. The van der Waals surface area contributed by atoms with Crippen molar-refractivity contribution in [3.05, 3.63) is 30.1 Å². The minimum Gasteiger partial charge on any atom is -0.368 e. The molecular formula is C16H28N4O. The van der Waals surface area contributed by atoms with E-state index in [1.54, 1.807) is 0 Å². The van der Waals surface area contributed by atoms with E-state index < -0.39 is 5.54 Å². The van der Waals surface area contributed by atoms with Gasteiger partial charge in [0, 0.05) is 31.4 Å². The third-order valence-electron chi connectivity index (χ3n) is 3.78. The van der Waals surface area contributed by atoms with Crippen LogP contribution in [-0.2, 0) is 11.2 Å². The molecule has 0 spiro atoms. The maximum atomic E-state index is 11.7. The van der Waals surface area contributed by atoms with Crippen molar-refractivity contribution in [2.24, 2.45) is 5.73 Å². The monoisotopic (exact) mass is 292 g/mol. The first-order valence-corrected chi connectivity index (χ1v) is 7.61. The molecule has 0 aromatic carbocycles. The molecule has 5 nitrogen and oxygen atoms in total. The molecule has 0 bridgehead atoms. The lowest BCUT2D eigenvalue weighted by atomic mass is 9.96. The molecule has 1 rings (SSSR count). The number of amides is 1. The van der Waals surface area contributed by atoms with E-state index in [0.717, 1.165) is 38.2 Å². The van der Waals surface area contributed by atoms with Crippen molar-refractivity contribution in [3.63, 3.8) is 0 Å². The van der Waals surface area contributed by atoms with Crippen LogP contribution in [0, 0.1) is 0 Å². The highest BCUT2D eigenvalue weighted by Gasteiger charge is 2.29. The number of carbonyl (C=O) groups excluding carboxylic acids is 1. The number of likely N-dealkylation sites (N-methyl/N-ethyl adjacent to an activating group) is 1. The third kappa shape index (κ3) is 6.23. The first kappa shape index (κ1) is 17.6.